The van der Waals surface area contributed by atoms with E-state index >= 15 is 0 Å². The molecule has 2 unspecified atom stereocenters. The Kier molecular flexibility index (Phi) is 3.96. The number of ether oxygens (including phenoxy) is 1. The van der Waals surface area contributed by atoms with E-state index in [2.05, 4.69) is 12.0 Å². The first-order chi connectivity index (χ1) is 7.83. The summed E-state index contributed by atoms with van der Waals surface area (Å²) in [6.07, 6.45) is 5.22. The second-order valence-electron chi connectivity index (χ2n) is 4.48. The highest BCUT2D eigenvalue weighted by molar-refractivity contribution is 5.08. The third-order valence-corrected chi connectivity index (χ3v) is 3.23. The molecule has 1 fully saturated rings. The quantitative estimate of drug-likeness (QED) is 0.845. The van der Waals surface area contributed by atoms with E-state index in [4.69, 9.17) is 10.5 Å². The van der Waals surface area contributed by atoms with E-state index in [1.807, 2.05) is 16.9 Å². The van der Waals surface area contributed by atoms with Crippen LogP contribution < -0.4 is 5.73 Å². The lowest BCUT2D eigenvalue weighted by Gasteiger charge is -2.27. The van der Waals surface area contributed by atoms with Crippen molar-refractivity contribution in [2.45, 2.75) is 38.8 Å². The minimum Gasteiger partial charge on any atom is -0.381 e. The van der Waals surface area contributed by atoms with Gasteiger partial charge in [-0.3, -0.25) is 4.68 Å². The maximum atomic E-state index is 6.30. The molecule has 2 rings (SSSR count). The summed E-state index contributed by atoms with van der Waals surface area (Å²) in [6.45, 7) is 4.78. The Morgan fingerprint density at radius 3 is 3.25 bits per heavy atom. The van der Waals surface area contributed by atoms with Gasteiger partial charge >= 0.3 is 0 Å². The summed E-state index contributed by atoms with van der Waals surface area (Å²) in [5.74, 6) is 0.445. The lowest BCUT2D eigenvalue weighted by molar-refractivity contribution is 0.0436. The molecule has 0 amide bonds. The predicted molar refractivity (Wildman–Crippen MR) is 63.0 cm³/mol. The lowest BCUT2D eigenvalue weighted by atomic mass is 9.92. The normalized spacial score (nSPS) is 23.2. The van der Waals surface area contributed by atoms with Crippen molar-refractivity contribution < 1.29 is 4.74 Å². The molecule has 4 heteroatoms. The molecule has 0 saturated carbocycles. The fourth-order valence-electron chi connectivity index (χ4n) is 2.32. The molecule has 1 aliphatic heterocycles. The van der Waals surface area contributed by atoms with Crippen LogP contribution in [0.1, 0.15) is 37.9 Å². The molecule has 2 heterocycles. The van der Waals surface area contributed by atoms with E-state index in [-0.39, 0.29) is 6.04 Å². The zero-order chi connectivity index (χ0) is 11.4. The maximum absolute atomic E-state index is 6.30. The van der Waals surface area contributed by atoms with E-state index in [0.717, 1.165) is 38.3 Å². The topological polar surface area (TPSA) is 53.1 Å². The Hall–Kier alpha value is -0.870. The summed E-state index contributed by atoms with van der Waals surface area (Å²) < 4.78 is 7.52. The van der Waals surface area contributed by atoms with Gasteiger partial charge in [0.2, 0.25) is 0 Å². The summed E-state index contributed by atoms with van der Waals surface area (Å²) in [5.41, 5.74) is 7.45. The van der Waals surface area contributed by atoms with Crippen LogP contribution in [0.3, 0.4) is 0 Å². The van der Waals surface area contributed by atoms with Gasteiger partial charge in [0, 0.05) is 25.3 Å². The SMILES string of the molecule is CCCn1nccc1C(N)C1CCCOC1. The molecule has 1 aromatic rings. The van der Waals surface area contributed by atoms with Crippen LogP contribution in [0.5, 0.6) is 0 Å². The molecule has 0 bridgehead atoms. The van der Waals surface area contributed by atoms with Crippen molar-refractivity contribution in [3.05, 3.63) is 18.0 Å². The van der Waals surface area contributed by atoms with Gasteiger partial charge < -0.3 is 10.5 Å². The van der Waals surface area contributed by atoms with Gasteiger partial charge in [-0.05, 0) is 25.3 Å². The first-order valence-electron chi connectivity index (χ1n) is 6.18. The number of hydrogen-bond donors (Lipinski definition) is 1. The van der Waals surface area contributed by atoms with Crippen LogP contribution in [0.25, 0.3) is 0 Å². The van der Waals surface area contributed by atoms with Crippen molar-refractivity contribution >= 4 is 0 Å². The van der Waals surface area contributed by atoms with Crippen LogP contribution in [-0.2, 0) is 11.3 Å². The van der Waals surface area contributed by atoms with E-state index in [1.165, 1.54) is 6.42 Å². The molecular formula is C12H21N3O. The lowest BCUT2D eigenvalue weighted by Crippen LogP contribution is -2.30. The van der Waals surface area contributed by atoms with Crippen LogP contribution in [0.4, 0.5) is 0 Å². The van der Waals surface area contributed by atoms with Gasteiger partial charge in [0.05, 0.1) is 18.3 Å². The van der Waals surface area contributed by atoms with Crippen molar-refractivity contribution in [1.82, 2.24) is 9.78 Å². The first kappa shape index (κ1) is 11.6. The molecule has 1 aliphatic rings. The molecule has 2 N–H and O–H groups in total. The molecule has 4 nitrogen and oxygen atoms in total. The minimum atomic E-state index is 0.0642. The highest BCUT2D eigenvalue weighted by atomic mass is 16.5. The molecule has 90 valence electrons. The predicted octanol–water partition coefficient (Wildman–Crippen LogP) is 1.72. The monoisotopic (exact) mass is 223 g/mol. The van der Waals surface area contributed by atoms with Crippen molar-refractivity contribution in [3.63, 3.8) is 0 Å². The highest BCUT2D eigenvalue weighted by Gasteiger charge is 2.24. The fourth-order valence-corrected chi connectivity index (χ4v) is 2.32. The molecule has 2 atom stereocenters. The second-order valence-corrected chi connectivity index (χ2v) is 4.48. The highest BCUT2D eigenvalue weighted by Crippen LogP contribution is 2.26. The Labute approximate surface area is 96.8 Å². The maximum Gasteiger partial charge on any atom is 0.0555 e. The number of nitrogens with zero attached hydrogens (tertiary/aromatic N) is 2. The molecule has 1 aromatic heterocycles. The van der Waals surface area contributed by atoms with Gasteiger partial charge in [-0.25, -0.2) is 0 Å². The molecule has 1 saturated heterocycles. The van der Waals surface area contributed by atoms with E-state index in [9.17, 15) is 0 Å². The Morgan fingerprint density at radius 1 is 1.69 bits per heavy atom. The second kappa shape index (κ2) is 5.46. The van der Waals surface area contributed by atoms with Gasteiger partial charge in [-0.15, -0.1) is 0 Å². The Bertz CT molecular complexity index is 318. The van der Waals surface area contributed by atoms with Crippen LogP contribution in [-0.4, -0.2) is 23.0 Å². The molecule has 0 radical (unpaired) electrons. The summed E-state index contributed by atoms with van der Waals surface area (Å²) in [7, 11) is 0. The summed E-state index contributed by atoms with van der Waals surface area (Å²) >= 11 is 0. The molecule has 0 spiro atoms. The smallest absolute Gasteiger partial charge is 0.0555 e. The molecule has 0 aliphatic carbocycles. The van der Waals surface area contributed by atoms with Crippen LogP contribution in [0.15, 0.2) is 12.3 Å². The number of nitrogens with two attached hydrogens (primary N) is 1. The molecule has 0 aromatic carbocycles. The number of rotatable bonds is 4. The Balaban J connectivity index is 2.06. The third kappa shape index (κ3) is 2.44. The minimum absolute atomic E-state index is 0.0642. The summed E-state index contributed by atoms with van der Waals surface area (Å²) in [6, 6.07) is 2.10. The van der Waals surface area contributed by atoms with Crippen molar-refractivity contribution in [2.24, 2.45) is 11.7 Å². The summed E-state index contributed by atoms with van der Waals surface area (Å²) in [4.78, 5) is 0. The zero-order valence-corrected chi connectivity index (χ0v) is 9.93. The number of aryl methyl sites for hydroxylation is 1. The number of hydrogen-bond acceptors (Lipinski definition) is 3. The van der Waals surface area contributed by atoms with Crippen LogP contribution >= 0.6 is 0 Å². The average Bonchev–Trinajstić information content (AvgIpc) is 2.78. The van der Waals surface area contributed by atoms with Crippen molar-refractivity contribution in [3.8, 4) is 0 Å². The van der Waals surface area contributed by atoms with Crippen LogP contribution in [0.2, 0.25) is 0 Å². The van der Waals surface area contributed by atoms with Gasteiger partial charge in [0.25, 0.3) is 0 Å². The molecular weight excluding hydrogens is 202 g/mol. The fraction of sp³-hybridized carbons (Fsp3) is 0.750. The van der Waals surface area contributed by atoms with Gasteiger partial charge in [0.1, 0.15) is 0 Å². The third-order valence-electron chi connectivity index (χ3n) is 3.23. The first-order valence-corrected chi connectivity index (χ1v) is 6.18. The standard InChI is InChI=1S/C12H21N3O/c1-2-7-15-11(5-6-14-15)12(13)10-4-3-8-16-9-10/h5-6,10,12H,2-4,7-9,13H2,1H3. The van der Waals surface area contributed by atoms with E-state index in [0.29, 0.717) is 5.92 Å². The largest absolute Gasteiger partial charge is 0.381 e. The van der Waals surface area contributed by atoms with Crippen molar-refractivity contribution in [1.29, 1.82) is 0 Å². The van der Waals surface area contributed by atoms with Crippen LogP contribution in [0, 0.1) is 5.92 Å². The average molecular weight is 223 g/mol. The molecule has 16 heavy (non-hydrogen) atoms. The van der Waals surface area contributed by atoms with Gasteiger partial charge in [0.15, 0.2) is 0 Å². The zero-order valence-electron chi connectivity index (χ0n) is 9.93. The number of aromatic nitrogens is 2. The van der Waals surface area contributed by atoms with Gasteiger partial charge in [-0.2, -0.15) is 5.10 Å². The van der Waals surface area contributed by atoms with E-state index in [1.54, 1.807) is 0 Å². The Morgan fingerprint density at radius 2 is 2.56 bits per heavy atom. The van der Waals surface area contributed by atoms with Crippen molar-refractivity contribution in [2.75, 3.05) is 13.2 Å². The summed E-state index contributed by atoms with van der Waals surface area (Å²) in [5, 5.41) is 4.32. The van der Waals surface area contributed by atoms with E-state index < -0.39 is 0 Å². The van der Waals surface area contributed by atoms with Gasteiger partial charge in [-0.1, -0.05) is 6.92 Å².